The number of piperidine rings is 1. The predicted molar refractivity (Wildman–Crippen MR) is 112 cm³/mol. The highest BCUT2D eigenvalue weighted by Crippen LogP contribution is 2.19. The molecule has 0 N–H and O–H groups in total. The van der Waals surface area contributed by atoms with E-state index in [4.69, 9.17) is 14.0 Å². The molecule has 0 bridgehead atoms. The lowest BCUT2D eigenvalue weighted by Gasteiger charge is -2.33. The van der Waals surface area contributed by atoms with Crippen LogP contribution in [0.1, 0.15) is 50.9 Å². The minimum Gasteiger partial charge on any atom is -0.444 e. The second-order valence-corrected chi connectivity index (χ2v) is 10.7. The van der Waals surface area contributed by atoms with E-state index in [9.17, 15) is 13.2 Å². The normalized spacial score (nSPS) is 15.8. The minimum atomic E-state index is -3.22. The highest BCUT2D eigenvalue weighted by molar-refractivity contribution is 7.90. The van der Waals surface area contributed by atoms with Crippen LogP contribution in [-0.2, 0) is 32.3 Å². The minimum absolute atomic E-state index is 0.0178. The molecule has 2 aromatic rings. The molecule has 2 heterocycles. The Morgan fingerprint density at radius 1 is 1.19 bits per heavy atom. The Morgan fingerprint density at radius 2 is 1.84 bits per heavy atom. The van der Waals surface area contributed by atoms with Crippen molar-refractivity contribution in [2.45, 2.75) is 63.2 Å². The van der Waals surface area contributed by atoms with Gasteiger partial charge in [0.2, 0.25) is 5.89 Å². The Hall–Kier alpha value is -2.46. The molecule has 1 saturated heterocycles. The summed E-state index contributed by atoms with van der Waals surface area (Å²) in [6.45, 7) is 6.95. The fraction of sp³-hybridized carbons (Fsp3) is 0.571. The molecule has 0 spiro atoms. The van der Waals surface area contributed by atoms with Crippen molar-refractivity contribution in [3.05, 3.63) is 41.5 Å². The third-order valence-corrected chi connectivity index (χ3v) is 5.89. The van der Waals surface area contributed by atoms with Crippen LogP contribution in [0.2, 0.25) is 0 Å². The summed E-state index contributed by atoms with van der Waals surface area (Å²) in [6.07, 6.45) is 2.74. The zero-order chi connectivity index (χ0) is 22.6. The summed E-state index contributed by atoms with van der Waals surface area (Å²) in [7, 11) is -3.22. The van der Waals surface area contributed by atoms with E-state index in [-0.39, 0.29) is 23.7 Å². The Bertz CT molecular complexity index is 987. The molecule has 1 amide bonds. The molecule has 0 saturated carbocycles. The van der Waals surface area contributed by atoms with Gasteiger partial charge >= 0.3 is 6.09 Å². The fourth-order valence-corrected chi connectivity index (χ4v) is 3.80. The van der Waals surface area contributed by atoms with Gasteiger partial charge in [0, 0.05) is 19.3 Å². The summed E-state index contributed by atoms with van der Waals surface area (Å²) in [5.41, 5.74) is 0.370. The summed E-state index contributed by atoms with van der Waals surface area (Å²) in [6, 6.07) is 6.59. The molecule has 170 valence electrons. The number of hydrogen-bond donors (Lipinski definition) is 0. The molecule has 0 unspecified atom stereocenters. The average molecular weight is 452 g/mol. The molecular weight excluding hydrogens is 422 g/mol. The van der Waals surface area contributed by atoms with Crippen LogP contribution in [0, 0.1) is 0 Å². The molecule has 31 heavy (non-hydrogen) atoms. The topological polar surface area (TPSA) is 112 Å². The number of amides is 1. The highest BCUT2D eigenvalue weighted by atomic mass is 32.2. The lowest BCUT2D eigenvalue weighted by Crippen LogP contribution is -2.43. The molecular formula is C21H29N3O6S. The van der Waals surface area contributed by atoms with Gasteiger partial charge in [-0.25, -0.2) is 13.2 Å². The Labute approximate surface area is 182 Å². The molecule has 10 heteroatoms. The lowest BCUT2D eigenvalue weighted by atomic mass is 10.1. The smallest absolute Gasteiger partial charge is 0.410 e. The second-order valence-electron chi connectivity index (χ2n) is 8.67. The molecule has 0 atom stereocenters. The number of carbonyl (C=O) groups excluding carboxylic acids is 1. The Morgan fingerprint density at radius 3 is 2.42 bits per heavy atom. The number of likely N-dealkylation sites (tertiary alicyclic amines) is 1. The van der Waals surface area contributed by atoms with Crippen LogP contribution in [0.3, 0.4) is 0 Å². The standard InChI is InChI=1S/C21H29N3O6S/c1-21(2,3)29-20(25)24-11-9-16(10-12-24)28-14-18-22-19(30-23-18)13-15-5-7-17(8-6-15)31(4,26)27/h5-8,16H,9-14H2,1-4H3. The zero-order valence-corrected chi connectivity index (χ0v) is 19.1. The summed E-state index contributed by atoms with van der Waals surface area (Å²) in [5, 5.41) is 3.95. The van der Waals surface area contributed by atoms with E-state index in [1.54, 1.807) is 29.2 Å². The van der Waals surface area contributed by atoms with E-state index >= 15 is 0 Å². The summed E-state index contributed by atoms with van der Waals surface area (Å²) in [5.74, 6) is 0.891. The van der Waals surface area contributed by atoms with Gasteiger partial charge in [-0.1, -0.05) is 17.3 Å². The summed E-state index contributed by atoms with van der Waals surface area (Å²) < 4.78 is 39.6. The van der Waals surface area contributed by atoms with Crippen LogP contribution in [-0.4, -0.2) is 60.6 Å². The molecule has 1 aliphatic rings. The van der Waals surface area contributed by atoms with Gasteiger partial charge in [-0.05, 0) is 51.3 Å². The third kappa shape index (κ3) is 7.03. The Balaban J connectivity index is 1.44. The quantitative estimate of drug-likeness (QED) is 0.659. The maximum Gasteiger partial charge on any atom is 0.410 e. The molecule has 0 aliphatic carbocycles. The van der Waals surface area contributed by atoms with Crippen LogP contribution in [0.5, 0.6) is 0 Å². The number of benzene rings is 1. The number of ether oxygens (including phenoxy) is 2. The van der Waals surface area contributed by atoms with Crippen molar-refractivity contribution in [3.8, 4) is 0 Å². The number of rotatable bonds is 6. The zero-order valence-electron chi connectivity index (χ0n) is 18.3. The number of hydrogen-bond acceptors (Lipinski definition) is 8. The maximum absolute atomic E-state index is 12.1. The van der Waals surface area contributed by atoms with Crippen LogP contribution in [0.4, 0.5) is 4.79 Å². The molecule has 9 nitrogen and oxygen atoms in total. The van der Waals surface area contributed by atoms with Crippen molar-refractivity contribution < 1.29 is 27.2 Å². The van der Waals surface area contributed by atoms with Crippen molar-refractivity contribution in [2.24, 2.45) is 0 Å². The van der Waals surface area contributed by atoms with Gasteiger partial charge in [0.25, 0.3) is 0 Å². The van der Waals surface area contributed by atoms with Crippen LogP contribution < -0.4 is 0 Å². The van der Waals surface area contributed by atoms with Gasteiger partial charge in [-0.2, -0.15) is 4.98 Å². The number of sulfone groups is 1. The Kier molecular flexibility index (Phi) is 7.00. The molecule has 1 fully saturated rings. The van der Waals surface area contributed by atoms with E-state index in [1.165, 1.54) is 6.26 Å². The van der Waals surface area contributed by atoms with Crippen molar-refractivity contribution in [3.63, 3.8) is 0 Å². The van der Waals surface area contributed by atoms with E-state index in [0.717, 1.165) is 18.4 Å². The highest BCUT2D eigenvalue weighted by Gasteiger charge is 2.27. The second kappa shape index (κ2) is 9.35. The van der Waals surface area contributed by atoms with Crippen LogP contribution in [0.15, 0.2) is 33.7 Å². The fourth-order valence-electron chi connectivity index (χ4n) is 3.17. The van der Waals surface area contributed by atoms with Gasteiger partial charge < -0.3 is 18.9 Å². The number of carbonyl (C=O) groups is 1. The monoisotopic (exact) mass is 451 g/mol. The van der Waals surface area contributed by atoms with Crippen molar-refractivity contribution in [1.29, 1.82) is 0 Å². The molecule has 1 aromatic heterocycles. The van der Waals surface area contributed by atoms with Gasteiger partial charge in [-0.15, -0.1) is 0 Å². The molecule has 1 aliphatic heterocycles. The predicted octanol–water partition coefficient (Wildman–Crippen LogP) is 2.98. The van der Waals surface area contributed by atoms with Crippen molar-refractivity contribution >= 4 is 15.9 Å². The van der Waals surface area contributed by atoms with Crippen molar-refractivity contribution in [1.82, 2.24) is 15.0 Å². The summed E-state index contributed by atoms with van der Waals surface area (Å²) in [4.78, 5) is 18.4. The first-order valence-corrected chi connectivity index (χ1v) is 12.1. The largest absolute Gasteiger partial charge is 0.444 e. The number of nitrogens with zero attached hydrogens (tertiary/aromatic N) is 3. The molecule has 1 aromatic carbocycles. The van der Waals surface area contributed by atoms with Gasteiger partial charge in [0.05, 0.1) is 17.4 Å². The SMILES string of the molecule is CC(C)(C)OC(=O)N1CCC(OCc2noc(Cc3ccc(S(C)(=O)=O)cc3)n2)CC1. The van der Waals surface area contributed by atoms with E-state index < -0.39 is 15.4 Å². The van der Waals surface area contributed by atoms with E-state index in [1.807, 2.05) is 20.8 Å². The third-order valence-electron chi connectivity index (χ3n) is 4.76. The van der Waals surface area contributed by atoms with Crippen LogP contribution >= 0.6 is 0 Å². The molecule has 3 rings (SSSR count). The summed E-state index contributed by atoms with van der Waals surface area (Å²) >= 11 is 0. The first-order valence-electron chi connectivity index (χ1n) is 10.2. The van der Waals surface area contributed by atoms with Crippen LogP contribution in [0.25, 0.3) is 0 Å². The van der Waals surface area contributed by atoms with Gasteiger partial charge in [-0.3, -0.25) is 0 Å². The van der Waals surface area contributed by atoms with E-state index in [0.29, 0.717) is 31.2 Å². The van der Waals surface area contributed by atoms with Gasteiger partial charge in [0.15, 0.2) is 15.7 Å². The van der Waals surface area contributed by atoms with E-state index in [2.05, 4.69) is 10.1 Å². The first kappa shape index (κ1) is 23.2. The number of aromatic nitrogens is 2. The van der Waals surface area contributed by atoms with Crippen molar-refractivity contribution in [2.75, 3.05) is 19.3 Å². The average Bonchev–Trinajstić information content (AvgIpc) is 3.12. The lowest BCUT2D eigenvalue weighted by molar-refractivity contribution is -0.0190. The molecule has 0 radical (unpaired) electrons. The first-order chi connectivity index (χ1) is 14.5. The maximum atomic E-state index is 12.1. The van der Waals surface area contributed by atoms with Gasteiger partial charge in [0.1, 0.15) is 12.2 Å².